The van der Waals surface area contributed by atoms with E-state index < -0.39 is 6.09 Å². The predicted octanol–water partition coefficient (Wildman–Crippen LogP) is 2.13. The van der Waals surface area contributed by atoms with Gasteiger partial charge in [-0.25, -0.2) is 9.78 Å². The van der Waals surface area contributed by atoms with Gasteiger partial charge in [0, 0.05) is 18.8 Å². The molecular formula is C12H12ClN3O3. The zero-order valence-electron chi connectivity index (χ0n) is 10.0. The van der Waals surface area contributed by atoms with E-state index >= 15 is 0 Å². The molecule has 1 amide bonds. The first-order valence-electron chi connectivity index (χ1n) is 5.80. The maximum atomic E-state index is 11.0. The first-order valence-corrected chi connectivity index (χ1v) is 6.17. The highest BCUT2D eigenvalue weighted by molar-refractivity contribution is 6.30. The molecule has 1 N–H and O–H groups in total. The normalized spacial score (nSPS) is 18.1. The molecule has 2 rings (SSSR count). The van der Waals surface area contributed by atoms with Gasteiger partial charge in [-0.2, -0.15) is 5.26 Å². The summed E-state index contributed by atoms with van der Waals surface area (Å²) in [4.78, 5) is 16.2. The van der Waals surface area contributed by atoms with E-state index in [2.05, 4.69) is 4.98 Å². The molecule has 7 heteroatoms. The van der Waals surface area contributed by atoms with Crippen LogP contribution in [-0.2, 0) is 0 Å². The van der Waals surface area contributed by atoms with Crippen LogP contribution in [0.5, 0.6) is 5.75 Å². The number of rotatable bonds is 3. The third-order valence-corrected chi connectivity index (χ3v) is 3.19. The first-order chi connectivity index (χ1) is 9.11. The lowest BCUT2D eigenvalue weighted by molar-refractivity contribution is 0.123. The van der Waals surface area contributed by atoms with Crippen LogP contribution in [0.15, 0.2) is 12.3 Å². The summed E-state index contributed by atoms with van der Waals surface area (Å²) in [6.45, 7) is 0.714. The van der Waals surface area contributed by atoms with E-state index in [4.69, 9.17) is 26.7 Å². The highest BCUT2D eigenvalue weighted by atomic mass is 35.5. The fraction of sp³-hybridized carbons (Fsp3) is 0.417. The number of aromatic nitrogens is 1. The zero-order valence-corrected chi connectivity index (χ0v) is 10.8. The number of hydrogen-bond donors (Lipinski definition) is 1. The molecule has 1 aromatic heterocycles. The van der Waals surface area contributed by atoms with E-state index in [9.17, 15) is 4.79 Å². The van der Waals surface area contributed by atoms with E-state index in [0.29, 0.717) is 11.6 Å². The monoisotopic (exact) mass is 281 g/mol. The molecule has 0 radical (unpaired) electrons. The summed E-state index contributed by atoms with van der Waals surface area (Å²) in [7, 11) is 0. The number of hydrogen-bond acceptors (Lipinski definition) is 4. The Morgan fingerprint density at radius 3 is 3.21 bits per heavy atom. The Morgan fingerprint density at radius 1 is 1.74 bits per heavy atom. The molecule has 1 aromatic rings. The molecule has 1 unspecified atom stereocenters. The number of pyridine rings is 1. The molecule has 1 aliphatic heterocycles. The number of likely N-dealkylation sites (tertiary alicyclic amines) is 1. The predicted molar refractivity (Wildman–Crippen MR) is 67.2 cm³/mol. The van der Waals surface area contributed by atoms with E-state index in [1.165, 1.54) is 17.2 Å². The molecule has 100 valence electrons. The number of halogens is 1. The van der Waals surface area contributed by atoms with Crippen LogP contribution in [0, 0.1) is 11.3 Å². The van der Waals surface area contributed by atoms with Crippen molar-refractivity contribution in [2.45, 2.75) is 18.9 Å². The van der Waals surface area contributed by atoms with Gasteiger partial charge in [-0.15, -0.1) is 0 Å². The van der Waals surface area contributed by atoms with Gasteiger partial charge in [-0.1, -0.05) is 11.6 Å². The zero-order chi connectivity index (χ0) is 13.8. The summed E-state index contributed by atoms with van der Waals surface area (Å²) >= 11 is 5.79. The van der Waals surface area contributed by atoms with Crippen molar-refractivity contribution in [1.29, 1.82) is 5.26 Å². The van der Waals surface area contributed by atoms with E-state index in [-0.39, 0.29) is 24.1 Å². The third kappa shape index (κ3) is 3.06. The number of carbonyl (C=O) groups is 1. The molecule has 0 bridgehead atoms. The molecule has 0 aromatic carbocycles. The number of amides is 1. The average Bonchev–Trinajstić information content (AvgIpc) is 2.85. The second-order valence-electron chi connectivity index (χ2n) is 4.20. The number of carboxylic acid groups (broad SMARTS) is 1. The minimum Gasteiger partial charge on any atom is -0.488 e. The quantitative estimate of drug-likeness (QED) is 0.917. The Morgan fingerprint density at radius 2 is 2.53 bits per heavy atom. The van der Waals surface area contributed by atoms with E-state index in [1.54, 1.807) is 0 Å². The van der Waals surface area contributed by atoms with Gasteiger partial charge >= 0.3 is 6.09 Å². The van der Waals surface area contributed by atoms with E-state index in [0.717, 1.165) is 12.8 Å². The summed E-state index contributed by atoms with van der Waals surface area (Å²) in [5, 5.41) is 18.3. The lowest BCUT2D eigenvalue weighted by Gasteiger charge is -2.21. The molecule has 19 heavy (non-hydrogen) atoms. The van der Waals surface area contributed by atoms with Crippen molar-refractivity contribution in [3.05, 3.63) is 23.0 Å². The molecule has 1 fully saturated rings. The fourth-order valence-electron chi connectivity index (χ4n) is 2.06. The van der Waals surface area contributed by atoms with Crippen LogP contribution in [0.3, 0.4) is 0 Å². The van der Waals surface area contributed by atoms with Crippen molar-refractivity contribution in [3.8, 4) is 11.8 Å². The third-order valence-electron chi connectivity index (χ3n) is 2.98. The highest BCUT2D eigenvalue weighted by Gasteiger charge is 2.29. The Bertz CT molecular complexity index is 529. The Labute approximate surface area is 115 Å². The number of ether oxygens (including phenoxy) is 1. The smallest absolute Gasteiger partial charge is 0.407 e. The lowest BCUT2D eigenvalue weighted by atomic mass is 10.2. The van der Waals surface area contributed by atoms with Crippen LogP contribution in [0.25, 0.3) is 0 Å². The lowest BCUT2D eigenvalue weighted by Crippen LogP contribution is -2.38. The Kier molecular flexibility index (Phi) is 4.07. The second-order valence-corrected chi connectivity index (χ2v) is 4.63. The Balaban J connectivity index is 2.05. The van der Waals surface area contributed by atoms with Crippen molar-refractivity contribution in [2.24, 2.45) is 0 Å². The SMILES string of the molecule is N#Cc1ncc(Cl)cc1OCC1CCCN1C(=O)O. The maximum Gasteiger partial charge on any atom is 0.407 e. The molecular weight excluding hydrogens is 270 g/mol. The number of nitrogens with zero attached hydrogens (tertiary/aromatic N) is 3. The van der Waals surface area contributed by atoms with Gasteiger partial charge < -0.3 is 14.7 Å². The van der Waals surface area contributed by atoms with Gasteiger partial charge in [0.25, 0.3) is 0 Å². The van der Waals surface area contributed by atoms with Crippen LogP contribution in [0.2, 0.25) is 5.02 Å². The van der Waals surface area contributed by atoms with Crippen molar-refractivity contribution >= 4 is 17.7 Å². The molecule has 1 aliphatic rings. The van der Waals surface area contributed by atoms with Crippen molar-refractivity contribution in [2.75, 3.05) is 13.2 Å². The van der Waals surface area contributed by atoms with Crippen LogP contribution < -0.4 is 4.74 Å². The van der Waals surface area contributed by atoms with Gasteiger partial charge in [0.1, 0.15) is 12.7 Å². The molecule has 6 nitrogen and oxygen atoms in total. The van der Waals surface area contributed by atoms with Crippen LogP contribution in [0.4, 0.5) is 4.79 Å². The first kappa shape index (κ1) is 13.4. The largest absolute Gasteiger partial charge is 0.488 e. The molecule has 1 saturated heterocycles. The maximum absolute atomic E-state index is 11.0. The summed E-state index contributed by atoms with van der Waals surface area (Å²) in [6, 6.07) is 3.22. The highest BCUT2D eigenvalue weighted by Crippen LogP contribution is 2.23. The van der Waals surface area contributed by atoms with Crippen LogP contribution in [-0.4, -0.2) is 40.3 Å². The second kappa shape index (κ2) is 5.76. The fourth-order valence-corrected chi connectivity index (χ4v) is 2.21. The topological polar surface area (TPSA) is 86.5 Å². The van der Waals surface area contributed by atoms with Gasteiger partial charge in [-0.3, -0.25) is 0 Å². The Hall–Kier alpha value is -2.00. The van der Waals surface area contributed by atoms with Crippen molar-refractivity contribution < 1.29 is 14.6 Å². The van der Waals surface area contributed by atoms with Gasteiger partial charge in [0.15, 0.2) is 11.4 Å². The van der Waals surface area contributed by atoms with Gasteiger partial charge in [0.2, 0.25) is 0 Å². The molecule has 2 heterocycles. The average molecular weight is 282 g/mol. The van der Waals surface area contributed by atoms with Crippen molar-refractivity contribution in [3.63, 3.8) is 0 Å². The minimum atomic E-state index is -0.948. The molecule has 0 aliphatic carbocycles. The minimum absolute atomic E-state index is 0.143. The van der Waals surface area contributed by atoms with Crippen LogP contribution >= 0.6 is 11.6 Å². The molecule has 0 saturated carbocycles. The van der Waals surface area contributed by atoms with Crippen molar-refractivity contribution in [1.82, 2.24) is 9.88 Å². The molecule has 0 spiro atoms. The summed E-state index contributed by atoms with van der Waals surface area (Å²) in [5.74, 6) is 0.284. The van der Waals surface area contributed by atoms with E-state index in [1.807, 2.05) is 6.07 Å². The number of nitriles is 1. The summed E-state index contributed by atoms with van der Waals surface area (Å²) in [6.07, 6.45) is 1.99. The van der Waals surface area contributed by atoms with Gasteiger partial charge in [-0.05, 0) is 12.8 Å². The van der Waals surface area contributed by atoms with Gasteiger partial charge in [0.05, 0.1) is 11.1 Å². The summed E-state index contributed by atoms with van der Waals surface area (Å²) < 4.78 is 5.50. The van der Waals surface area contributed by atoms with Crippen LogP contribution in [0.1, 0.15) is 18.5 Å². The summed E-state index contributed by atoms with van der Waals surface area (Å²) in [5.41, 5.74) is 0.143. The molecule has 1 atom stereocenters. The standard InChI is InChI=1S/C12H12ClN3O3/c13-8-4-11(10(5-14)15-6-8)19-7-9-2-1-3-16(9)12(17)18/h4,6,9H,1-3,7H2,(H,17,18).